The van der Waals surface area contributed by atoms with Crippen LogP contribution in [0.5, 0.6) is 0 Å². The lowest BCUT2D eigenvalue weighted by atomic mass is 9.88. The van der Waals surface area contributed by atoms with Crippen molar-refractivity contribution >= 4 is 11.7 Å². The lowest BCUT2D eigenvalue weighted by Gasteiger charge is -2.48. The number of carbonyl (C=O) groups is 2. The van der Waals surface area contributed by atoms with E-state index in [9.17, 15) is 38.8 Å². The summed E-state index contributed by atoms with van der Waals surface area (Å²) in [4.78, 5) is 24.1. The Labute approximate surface area is 173 Å². The molecule has 0 spiro atoms. The van der Waals surface area contributed by atoms with Crippen molar-refractivity contribution in [2.24, 2.45) is 5.73 Å². The summed E-state index contributed by atoms with van der Waals surface area (Å²) in [6.07, 6.45) is -7.64. The van der Waals surface area contributed by atoms with E-state index in [-0.39, 0.29) is 25.2 Å². The summed E-state index contributed by atoms with van der Waals surface area (Å²) in [5.74, 6) is -8.78. The van der Waals surface area contributed by atoms with Crippen LogP contribution in [0.3, 0.4) is 0 Å². The number of alkyl halides is 2. The highest BCUT2D eigenvalue weighted by molar-refractivity contribution is 5.81. The van der Waals surface area contributed by atoms with E-state index in [1.807, 2.05) is 0 Å². The second kappa shape index (κ2) is 10.8. The third-order valence-corrected chi connectivity index (χ3v) is 5.25. The maximum absolute atomic E-state index is 15.0. The molecule has 7 N–H and O–H groups in total. The van der Waals surface area contributed by atoms with Crippen LogP contribution in [0.4, 0.5) is 8.78 Å². The van der Waals surface area contributed by atoms with Gasteiger partial charge >= 0.3 is 5.92 Å². The second-order valence-electron chi connectivity index (χ2n) is 7.55. The Morgan fingerprint density at radius 3 is 2.33 bits per heavy atom. The van der Waals surface area contributed by atoms with Gasteiger partial charge in [-0.2, -0.15) is 8.78 Å². The summed E-state index contributed by atoms with van der Waals surface area (Å²) in [5.41, 5.74) is 5.61. The fourth-order valence-corrected chi connectivity index (χ4v) is 3.19. The minimum Gasteiger partial charge on any atom is -0.394 e. The number of Topliss-reactive ketones (excluding diaryl/α,β-unsaturated/α-hetero) is 1. The smallest absolute Gasteiger partial charge is 0.320 e. The number of amides is 1. The van der Waals surface area contributed by atoms with Crippen LogP contribution in [0.1, 0.15) is 39.5 Å². The summed E-state index contributed by atoms with van der Waals surface area (Å²) in [5, 5.41) is 49.0. The van der Waals surface area contributed by atoms with Crippen molar-refractivity contribution in [3.05, 3.63) is 0 Å². The van der Waals surface area contributed by atoms with Gasteiger partial charge in [0.15, 0.2) is 0 Å². The quantitative estimate of drug-likeness (QED) is 0.200. The van der Waals surface area contributed by atoms with Gasteiger partial charge < -0.3 is 40.9 Å². The predicted molar refractivity (Wildman–Crippen MR) is 99.3 cm³/mol. The van der Waals surface area contributed by atoms with E-state index >= 15 is 0 Å². The number of nitrogens with zero attached hydrogens (tertiary/aromatic N) is 1. The van der Waals surface area contributed by atoms with Crippen molar-refractivity contribution in [1.82, 2.24) is 4.90 Å². The van der Waals surface area contributed by atoms with Gasteiger partial charge in [0.05, 0.1) is 19.2 Å². The molecular formula is C18H32F2N2O8. The molecule has 176 valence electrons. The molecule has 1 aliphatic rings. The minimum atomic E-state index is -4.26. The Bertz CT molecular complexity index is 595. The van der Waals surface area contributed by atoms with Crippen LogP contribution in [-0.2, 0) is 14.3 Å². The molecule has 1 saturated heterocycles. The third-order valence-electron chi connectivity index (χ3n) is 5.25. The Morgan fingerprint density at radius 2 is 1.83 bits per heavy atom. The Morgan fingerprint density at radius 1 is 1.23 bits per heavy atom. The molecule has 30 heavy (non-hydrogen) atoms. The van der Waals surface area contributed by atoms with Crippen molar-refractivity contribution < 1.29 is 48.6 Å². The van der Waals surface area contributed by atoms with Crippen LogP contribution in [0, 0.1) is 0 Å². The summed E-state index contributed by atoms with van der Waals surface area (Å²) >= 11 is 0. The molecule has 6 atom stereocenters. The van der Waals surface area contributed by atoms with Crippen molar-refractivity contribution in [3.8, 4) is 0 Å². The van der Waals surface area contributed by atoms with Crippen molar-refractivity contribution in [2.45, 2.75) is 81.7 Å². The first-order valence-electron chi connectivity index (χ1n) is 9.79. The molecule has 10 nitrogen and oxygen atoms in total. The lowest BCUT2D eigenvalue weighted by Crippen LogP contribution is -2.73. The SMILES string of the molecule is CCC(=O)N(CCCC[C@H](N)C(C)=O)CC(F)(F)[C@]1(O)O[C@H](CO)[C@H](O)[C@H](O)[C@H]1O. The molecule has 0 aliphatic carbocycles. The zero-order chi connectivity index (χ0) is 23.3. The van der Waals surface area contributed by atoms with E-state index in [4.69, 9.17) is 10.8 Å². The molecule has 0 aromatic heterocycles. The van der Waals surface area contributed by atoms with Gasteiger partial charge in [-0.15, -0.1) is 0 Å². The summed E-state index contributed by atoms with van der Waals surface area (Å²) in [6, 6.07) is -0.684. The number of aliphatic hydroxyl groups excluding tert-OH is 4. The van der Waals surface area contributed by atoms with Gasteiger partial charge in [-0.3, -0.25) is 9.59 Å². The minimum absolute atomic E-state index is 0.106. The molecule has 0 radical (unpaired) electrons. The van der Waals surface area contributed by atoms with Gasteiger partial charge in [0, 0.05) is 13.0 Å². The zero-order valence-corrected chi connectivity index (χ0v) is 17.1. The molecular weight excluding hydrogens is 410 g/mol. The molecule has 1 amide bonds. The molecule has 0 aromatic carbocycles. The fourth-order valence-electron chi connectivity index (χ4n) is 3.19. The molecule has 1 heterocycles. The number of carbonyl (C=O) groups excluding carboxylic acids is 2. The van der Waals surface area contributed by atoms with Gasteiger partial charge in [0.2, 0.25) is 5.91 Å². The number of ether oxygens (including phenoxy) is 1. The van der Waals surface area contributed by atoms with E-state index in [0.717, 1.165) is 4.90 Å². The van der Waals surface area contributed by atoms with Gasteiger partial charge in [-0.1, -0.05) is 6.92 Å². The van der Waals surface area contributed by atoms with Gasteiger partial charge in [0.25, 0.3) is 5.79 Å². The average Bonchev–Trinajstić information content (AvgIpc) is 2.70. The van der Waals surface area contributed by atoms with E-state index in [1.54, 1.807) is 0 Å². The van der Waals surface area contributed by atoms with Gasteiger partial charge in [-0.25, -0.2) is 0 Å². The number of rotatable bonds is 11. The normalized spacial score (nSPS) is 30.7. The highest BCUT2D eigenvalue weighted by Gasteiger charge is 2.66. The summed E-state index contributed by atoms with van der Waals surface area (Å²) < 4.78 is 34.6. The molecule has 1 fully saturated rings. The van der Waals surface area contributed by atoms with Crippen LogP contribution >= 0.6 is 0 Å². The maximum atomic E-state index is 15.0. The molecule has 1 rings (SSSR count). The molecule has 12 heteroatoms. The Hall–Kier alpha value is -1.28. The Kier molecular flexibility index (Phi) is 9.67. The maximum Gasteiger partial charge on any atom is 0.320 e. The third kappa shape index (κ3) is 5.90. The molecule has 0 saturated carbocycles. The van der Waals surface area contributed by atoms with Crippen molar-refractivity contribution in [1.29, 1.82) is 0 Å². The number of unbranched alkanes of at least 4 members (excludes halogenated alkanes) is 1. The molecule has 1 aliphatic heterocycles. The molecule has 0 unspecified atom stereocenters. The van der Waals surface area contributed by atoms with Crippen LogP contribution in [0.25, 0.3) is 0 Å². The van der Waals surface area contributed by atoms with E-state index in [2.05, 4.69) is 4.74 Å². The topological polar surface area (TPSA) is 174 Å². The van der Waals surface area contributed by atoms with E-state index in [0.29, 0.717) is 12.8 Å². The van der Waals surface area contributed by atoms with Crippen molar-refractivity contribution in [3.63, 3.8) is 0 Å². The number of hydrogen-bond acceptors (Lipinski definition) is 9. The van der Waals surface area contributed by atoms with Gasteiger partial charge in [0.1, 0.15) is 30.2 Å². The summed E-state index contributed by atoms with van der Waals surface area (Å²) in [6.45, 7) is 0.318. The first-order chi connectivity index (χ1) is 13.8. The fraction of sp³-hybridized carbons (Fsp3) is 0.889. The Balaban J connectivity index is 2.92. The van der Waals surface area contributed by atoms with Crippen LogP contribution in [-0.4, -0.2) is 104 Å². The highest BCUT2D eigenvalue weighted by Crippen LogP contribution is 2.40. The number of nitrogens with two attached hydrogens (primary N) is 1. The number of ketones is 1. The highest BCUT2D eigenvalue weighted by atomic mass is 19.3. The van der Waals surface area contributed by atoms with Crippen LogP contribution < -0.4 is 5.73 Å². The predicted octanol–water partition coefficient (Wildman–Crippen LogP) is -1.89. The summed E-state index contributed by atoms with van der Waals surface area (Å²) in [7, 11) is 0. The first kappa shape index (κ1) is 26.8. The molecule has 0 aromatic rings. The zero-order valence-electron chi connectivity index (χ0n) is 17.1. The first-order valence-corrected chi connectivity index (χ1v) is 9.79. The average molecular weight is 442 g/mol. The number of aliphatic hydroxyl groups is 5. The van der Waals surface area contributed by atoms with Crippen LogP contribution in [0.15, 0.2) is 0 Å². The molecule has 0 bridgehead atoms. The number of halogens is 2. The van der Waals surface area contributed by atoms with Crippen LogP contribution in [0.2, 0.25) is 0 Å². The standard InChI is InChI=1S/C18H32F2N2O8/c1-3-13(25)22(7-5-4-6-11(21)10(2)24)9-17(19,20)18(29)16(28)15(27)14(26)12(8-23)30-18/h11-12,14-16,23,26-29H,3-9,21H2,1-2H3/t11-,12+,14-,15-,16+,18+/m0/s1. The monoisotopic (exact) mass is 442 g/mol. The van der Waals surface area contributed by atoms with Crippen molar-refractivity contribution in [2.75, 3.05) is 19.7 Å². The van der Waals surface area contributed by atoms with E-state index < -0.39 is 61.2 Å². The van der Waals surface area contributed by atoms with Gasteiger partial charge in [-0.05, 0) is 26.2 Å². The second-order valence-corrected chi connectivity index (χ2v) is 7.55. The van der Waals surface area contributed by atoms with E-state index in [1.165, 1.54) is 13.8 Å². The lowest BCUT2D eigenvalue weighted by molar-refractivity contribution is -0.411. The number of hydrogen-bond donors (Lipinski definition) is 6. The largest absolute Gasteiger partial charge is 0.394 e.